The lowest BCUT2D eigenvalue weighted by Crippen LogP contribution is -2.25. The van der Waals surface area contributed by atoms with Crippen LogP contribution in [0.1, 0.15) is 42.4 Å². The third-order valence-electron chi connectivity index (χ3n) is 5.98. The summed E-state index contributed by atoms with van der Waals surface area (Å²) in [5.41, 5.74) is 4.06. The Hall–Kier alpha value is -3.49. The van der Waals surface area contributed by atoms with Gasteiger partial charge in [-0.3, -0.25) is 9.59 Å². The number of hydrogen-bond donors (Lipinski definition) is 2. The van der Waals surface area contributed by atoms with E-state index in [9.17, 15) is 14.0 Å². The maximum Gasteiger partial charge on any atom is 0.251 e. The van der Waals surface area contributed by atoms with Crippen LogP contribution in [0.2, 0.25) is 0 Å². The molecule has 5 nitrogen and oxygen atoms in total. The van der Waals surface area contributed by atoms with E-state index in [1.54, 1.807) is 23.9 Å². The van der Waals surface area contributed by atoms with Gasteiger partial charge in [0.1, 0.15) is 5.82 Å². The van der Waals surface area contributed by atoms with Crippen molar-refractivity contribution in [3.05, 3.63) is 89.2 Å². The van der Waals surface area contributed by atoms with Crippen LogP contribution in [0.5, 0.6) is 0 Å². The van der Waals surface area contributed by atoms with E-state index in [2.05, 4.69) is 15.6 Å². The van der Waals surface area contributed by atoms with Gasteiger partial charge in [0.2, 0.25) is 5.91 Å². The first-order chi connectivity index (χ1) is 18.4. The smallest absolute Gasteiger partial charge is 0.251 e. The predicted octanol–water partition coefficient (Wildman–Crippen LogP) is 7.32. The summed E-state index contributed by atoms with van der Waals surface area (Å²) in [7, 11) is 0. The van der Waals surface area contributed by atoms with Crippen LogP contribution in [-0.4, -0.2) is 29.6 Å². The Balaban J connectivity index is 1.25. The summed E-state index contributed by atoms with van der Waals surface area (Å²) in [6.45, 7) is 2.51. The van der Waals surface area contributed by atoms with Gasteiger partial charge >= 0.3 is 0 Å². The molecule has 1 heterocycles. The molecule has 4 rings (SSSR count). The minimum atomic E-state index is -0.347. The van der Waals surface area contributed by atoms with Gasteiger partial charge in [-0.05, 0) is 85.2 Å². The molecule has 0 aliphatic rings. The van der Waals surface area contributed by atoms with Gasteiger partial charge in [0.05, 0.1) is 10.2 Å². The van der Waals surface area contributed by atoms with Crippen LogP contribution in [-0.2, 0) is 9.59 Å². The molecular weight excluding hydrogens is 517 g/mol. The fraction of sp³-hybridized carbons (Fsp3) is 0.233. The third-order valence-corrected chi connectivity index (χ3v) is 7.68. The van der Waals surface area contributed by atoms with E-state index in [0.29, 0.717) is 35.7 Å². The Morgan fingerprint density at radius 2 is 1.76 bits per heavy atom. The molecule has 0 aliphatic carbocycles. The first-order valence-electron chi connectivity index (χ1n) is 12.5. The largest absolute Gasteiger partial charge is 0.352 e. The van der Waals surface area contributed by atoms with E-state index in [4.69, 9.17) is 0 Å². The van der Waals surface area contributed by atoms with Crippen molar-refractivity contribution in [1.29, 1.82) is 0 Å². The Morgan fingerprint density at radius 3 is 2.50 bits per heavy atom. The number of unbranched alkanes of at least 4 members (excludes halogenated alkanes) is 2. The molecule has 0 unspecified atom stereocenters. The second-order valence-corrected chi connectivity index (χ2v) is 10.9. The van der Waals surface area contributed by atoms with Crippen molar-refractivity contribution in [1.82, 2.24) is 10.3 Å². The predicted molar refractivity (Wildman–Crippen MR) is 157 cm³/mol. The molecule has 0 saturated carbocycles. The molecule has 8 heteroatoms. The van der Waals surface area contributed by atoms with Crippen LogP contribution in [0.25, 0.3) is 21.9 Å². The number of carbonyl (C=O) groups is 2. The molecular formula is C30H30FN3O2S2. The normalized spacial score (nSPS) is 11.5. The summed E-state index contributed by atoms with van der Waals surface area (Å²) in [6, 6.07) is 19.9. The number of nitrogens with zero attached hydrogens (tertiary/aromatic N) is 1. The lowest BCUT2D eigenvalue weighted by molar-refractivity contribution is -0.117. The highest BCUT2D eigenvalue weighted by molar-refractivity contribution is 7.98. The van der Waals surface area contributed by atoms with Crippen LogP contribution in [0.15, 0.2) is 71.6 Å². The zero-order valence-electron chi connectivity index (χ0n) is 21.4. The summed E-state index contributed by atoms with van der Waals surface area (Å²) in [5, 5.41) is 6.48. The van der Waals surface area contributed by atoms with Crippen molar-refractivity contribution >= 4 is 61.9 Å². The standard InChI is InChI=1S/C30H30FN3O2S2/c1-20-7-16-27-26(18-20)33-30(38-27)34-28(35)6-4-3-5-17-32-29(36)25(22-10-12-23(31)13-11-22)19-21-8-14-24(37-2)15-9-21/h7-16,18-19H,3-6,17H2,1-2H3,(H,32,36)(H,33,34,35). The minimum absolute atomic E-state index is 0.0566. The zero-order chi connectivity index (χ0) is 26.9. The second kappa shape index (κ2) is 13.3. The Bertz CT molecular complexity index is 1430. The van der Waals surface area contributed by atoms with Crippen LogP contribution < -0.4 is 10.6 Å². The number of nitrogens with one attached hydrogen (secondary N) is 2. The summed E-state index contributed by atoms with van der Waals surface area (Å²) in [6.07, 6.45) is 6.50. The molecule has 0 radical (unpaired) electrons. The Kier molecular flexibility index (Phi) is 9.67. The van der Waals surface area contributed by atoms with Crippen LogP contribution in [0, 0.1) is 12.7 Å². The summed E-state index contributed by atoms with van der Waals surface area (Å²) < 4.78 is 14.5. The molecule has 2 N–H and O–H groups in total. The molecule has 1 aromatic heterocycles. The van der Waals surface area contributed by atoms with Gasteiger partial charge in [-0.25, -0.2) is 9.37 Å². The van der Waals surface area contributed by atoms with Gasteiger partial charge in [-0.1, -0.05) is 48.1 Å². The summed E-state index contributed by atoms with van der Waals surface area (Å²) in [4.78, 5) is 31.0. The number of amides is 2. The van der Waals surface area contributed by atoms with Gasteiger partial charge in [0.25, 0.3) is 5.91 Å². The third kappa shape index (κ3) is 7.76. The molecule has 0 fully saturated rings. The highest BCUT2D eigenvalue weighted by Gasteiger charge is 2.13. The average molecular weight is 548 g/mol. The lowest BCUT2D eigenvalue weighted by Gasteiger charge is -2.10. The molecule has 0 bridgehead atoms. The molecule has 2 amide bonds. The van der Waals surface area contributed by atoms with E-state index in [1.807, 2.05) is 61.7 Å². The van der Waals surface area contributed by atoms with Crippen molar-refractivity contribution in [2.75, 3.05) is 18.1 Å². The van der Waals surface area contributed by atoms with E-state index < -0.39 is 0 Å². The van der Waals surface area contributed by atoms with Gasteiger partial charge < -0.3 is 10.6 Å². The number of hydrogen-bond acceptors (Lipinski definition) is 5. The van der Waals surface area contributed by atoms with Gasteiger partial charge in [-0.2, -0.15) is 0 Å². The molecule has 0 aliphatic heterocycles. The zero-order valence-corrected chi connectivity index (χ0v) is 23.1. The van der Waals surface area contributed by atoms with Crippen molar-refractivity contribution < 1.29 is 14.0 Å². The molecule has 0 spiro atoms. The van der Waals surface area contributed by atoms with E-state index in [1.165, 1.54) is 23.5 Å². The number of halogens is 1. The minimum Gasteiger partial charge on any atom is -0.352 e. The van der Waals surface area contributed by atoms with Crippen molar-refractivity contribution in [3.63, 3.8) is 0 Å². The topological polar surface area (TPSA) is 71.1 Å². The number of aromatic nitrogens is 1. The highest BCUT2D eigenvalue weighted by atomic mass is 32.2. The average Bonchev–Trinajstić information content (AvgIpc) is 3.31. The Labute approximate surface area is 230 Å². The number of anilines is 1. The van der Waals surface area contributed by atoms with Crippen LogP contribution >= 0.6 is 23.1 Å². The monoisotopic (exact) mass is 547 g/mol. The molecule has 196 valence electrons. The van der Waals surface area contributed by atoms with Gasteiger partial charge in [0, 0.05) is 23.4 Å². The number of fused-ring (bicyclic) bond motifs is 1. The molecule has 4 aromatic rings. The van der Waals surface area contributed by atoms with Crippen LogP contribution in [0.4, 0.5) is 9.52 Å². The number of carbonyl (C=O) groups excluding carboxylic acids is 2. The summed E-state index contributed by atoms with van der Waals surface area (Å²) in [5.74, 6) is -0.617. The van der Waals surface area contributed by atoms with E-state index >= 15 is 0 Å². The maximum atomic E-state index is 13.5. The highest BCUT2D eigenvalue weighted by Crippen LogP contribution is 2.27. The fourth-order valence-corrected chi connectivity index (χ4v) is 5.20. The molecule has 0 saturated heterocycles. The fourth-order valence-electron chi connectivity index (χ4n) is 3.93. The number of thioether (sulfide) groups is 1. The van der Waals surface area contributed by atoms with Crippen molar-refractivity contribution in [2.24, 2.45) is 0 Å². The SMILES string of the molecule is CSc1ccc(C=C(C(=O)NCCCCCC(=O)Nc2nc3cc(C)ccc3s2)c2ccc(F)cc2)cc1. The quantitative estimate of drug-likeness (QED) is 0.0893. The first-order valence-corrected chi connectivity index (χ1v) is 14.5. The summed E-state index contributed by atoms with van der Waals surface area (Å²) >= 11 is 3.12. The van der Waals surface area contributed by atoms with Gasteiger partial charge in [-0.15, -0.1) is 11.8 Å². The van der Waals surface area contributed by atoms with Crippen molar-refractivity contribution in [3.8, 4) is 0 Å². The number of rotatable bonds is 11. The lowest BCUT2D eigenvalue weighted by atomic mass is 10.0. The Morgan fingerprint density at radius 1 is 1.00 bits per heavy atom. The maximum absolute atomic E-state index is 13.5. The number of benzene rings is 3. The van der Waals surface area contributed by atoms with E-state index in [-0.39, 0.29) is 17.6 Å². The second-order valence-electron chi connectivity index (χ2n) is 8.94. The molecule has 38 heavy (non-hydrogen) atoms. The van der Waals surface area contributed by atoms with Crippen LogP contribution in [0.3, 0.4) is 0 Å². The van der Waals surface area contributed by atoms with Gasteiger partial charge in [0.15, 0.2) is 5.13 Å². The number of aryl methyl sites for hydroxylation is 1. The number of thiazole rings is 1. The molecule has 0 atom stereocenters. The van der Waals surface area contributed by atoms with E-state index in [0.717, 1.165) is 39.1 Å². The molecule has 3 aromatic carbocycles. The van der Waals surface area contributed by atoms with Crippen molar-refractivity contribution in [2.45, 2.75) is 37.5 Å². The first kappa shape index (κ1) is 27.5.